The number of hydrogen-bond acceptors (Lipinski definition) is 12. The van der Waals surface area contributed by atoms with Crippen molar-refractivity contribution in [3.63, 3.8) is 0 Å². The molecule has 0 radical (unpaired) electrons. The molecule has 2 saturated heterocycles. The van der Waals surface area contributed by atoms with Gasteiger partial charge in [-0.3, -0.25) is 16.7 Å². The Morgan fingerprint density at radius 2 is 1.11 bits per heavy atom. The largest absolute Gasteiger partial charge is 0.272 e. The zero-order valence-corrected chi connectivity index (χ0v) is 17.6. The topological polar surface area (TPSA) is 173 Å². The summed E-state index contributed by atoms with van der Waals surface area (Å²) in [6.45, 7) is 1.58. The standard InChI is InChI=1S/C11H20O12S4/c1-8-10(6-20-26(8,16)17)22-24(12,13)4-3-5-25(14,15)23-11-7-21-27(18,19)9(11)2/h8-11H,3-7H2,1-2H3. The van der Waals surface area contributed by atoms with Gasteiger partial charge in [0.2, 0.25) is 0 Å². The summed E-state index contributed by atoms with van der Waals surface area (Å²) in [5.74, 6) is -1.40. The van der Waals surface area contributed by atoms with Crippen molar-refractivity contribution in [2.24, 2.45) is 0 Å². The van der Waals surface area contributed by atoms with E-state index in [4.69, 9.17) is 8.37 Å². The third kappa shape index (κ3) is 5.81. The molecule has 27 heavy (non-hydrogen) atoms. The molecule has 4 atom stereocenters. The molecule has 2 aliphatic heterocycles. The maximum atomic E-state index is 11.9. The molecule has 2 aliphatic rings. The highest BCUT2D eigenvalue weighted by molar-refractivity contribution is 7.89. The van der Waals surface area contributed by atoms with E-state index in [0.29, 0.717) is 0 Å². The second kappa shape index (κ2) is 7.81. The Labute approximate surface area is 158 Å². The van der Waals surface area contributed by atoms with Crippen LogP contribution in [0.3, 0.4) is 0 Å². The summed E-state index contributed by atoms with van der Waals surface area (Å²) in [5.41, 5.74) is 0. The van der Waals surface area contributed by atoms with E-state index >= 15 is 0 Å². The van der Waals surface area contributed by atoms with Crippen LogP contribution >= 0.6 is 0 Å². The van der Waals surface area contributed by atoms with Crippen LogP contribution in [0.25, 0.3) is 0 Å². The highest BCUT2D eigenvalue weighted by Crippen LogP contribution is 2.24. The SMILES string of the molecule is CC1C(OS(=O)(=O)CCCS(=O)(=O)OC2COS(=O)(=O)C2C)COS1(=O)=O. The molecule has 0 aromatic heterocycles. The van der Waals surface area contributed by atoms with Gasteiger partial charge in [0.05, 0.1) is 24.7 Å². The molecule has 16 heteroatoms. The van der Waals surface area contributed by atoms with Crippen LogP contribution in [0.1, 0.15) is 20.3 Å². The fourth-order valence-corrected chi connectivity index (χ4v) is 7.08. The van der Waals surface area contributed by atoms with Gasteiger partial charge in [-0.1, -0.05) is 0 Å². The minimum atomic E-state index is -4.21. The molecular weight excluding hydrogens is 452 g/mol. The van der Waals surface area contributed by atoms with Gasteiger partial charge in [0.15, 0.2) is 0 Å². The lowest BCUT2D eigenvalue weighted by atomic mass is 10.3. The first-order valence-corrected chi connectivity index (χ1v) is 13.8. The van der Waals surface area contributed by atoms with Crippen LogP contribution < -0.4 is 0 Å². The van der Waals surface area contributed by atoms with Gasteiger partial charge < -0.3 is 0 Å². The average molecular weight is 473 g/mol. The average Bonchev–Trinajstić information content (AvgIpc) is 2.90. The minimum Gasteiger partial charge on any atom is -0.267 e. The van der Waals surface area contributed by atoms with Gasteiger partial charge in [-0.25, -0.2) is 0 Å². The van der Waals surface area contributed by atoms with E-state index in [1.54, 1.807) is 0 Å². The van der Waals surface area contributed by atoms with Gasteiger partial charge >= 0.3 is 0 Å². The third-order valence-corrected chi connectivity index (χ3v) is 10.1. The van der Waals surface area contributed by atoms with E-state index in [9.17, 15) is 33.7 Å². The Bertz CT molecular complexity index is 882. The van der Waals surface area contributed by atoms with Crippen molar-refractivity contribution in [3.8, 4) is 0 Å². The van der Waals surface area contributed by atoms with Gasteiger partial charge in [-0.2, -0.15) is 33.7 Å². The summed E-state index contributed by atoms with van der Waals surface area (Å²) in [6, 6.07) is 0. The first-order valence-electron chi connectivity index (χ1n) is 7.74. The summed E-state index contributed by atoms with van der Waals surface area (Å²) < 4.78 is 112. The molecule has 0 bridgehead atoms. The second-order valence-electron chi connectivity index (χ2n) is 6.11. The van der Waals surface area contributed by atoms with Crippen molar-refractivity contribution in [2.45, 2.75) is 43.0 Å². The third-order valence-electron chi connectivity index (χ3n) is 4.08. The Morgan fingerprint density at radius 1 is 0.778 bits per heavy atom. The van der Waals surface area contributed by atoms with Crippen LogP contribution in [0, 0.1) is 0 Å². The molecule has 0 saturated carbocycles. The molecule has 0 N–H and O–H groups in total. The molecule has 0 aliphatic carbocycles. The van der Waals surface area contributed by atoms with Crippen molar-refractivity contribution in [1.82, 2.24) is 0 Å². The zero-order valence-electron chi connectivity index (χ0n) is 14.4. The predicted molar refractivity (Wildman–Crippen MR) is 90.6 cm³/mol. The normalized spacial score (nSPS) is 33.3. The maximum absolute atomic E-state index is 11.9. The molecule has 0 aromatic carbocycles. The van der Waals surface area contributed by atoms with E-state index in [1.165, 1.54) is 13.8 Å². The molecule has 2 rings (SSSR count). The molecule has 2 fully saturated rings. The molecule has 4 unspecified atom stereocenters. The van der Waals surface area contributed by atoms with Gasteiger partial charge in [-0.15, -0.1) is 0 Å². The predicted octanol–water partition coefficient (Wildman–Crippen LogP) is -1.70. The zero-order chi connectivity index (χ0) is 20.7. The molecule has 0 amide bonds. The van der Waals surface area contributed by atoms with Crippen LogP contribution in [-0.4, -0.2) is 81.1 Å². The van der Waals surface area contributed by atoms with E-state index in [0.717, 1.165) is 0 Å². The summed E-state index contributed by atoms with van der Waals surface area (Å²) in [7, 11) is -16.2. The summed E-state index contributed by atoms with van der Waals surface area (Å²) in [5, 5.41) is -2.35. The highest BCUT2D eigenvalue weighted by Gasteiger charge is 2.43. The fourth-order valence-electron chi connectivity index (χ4n) is 2.28. The van der Waals surface area contributed by atoms with E-state index in [1.807, 2.05) is 0 Å². The molecule has 160 valence electrons. The Hall–Kier alpha value is -0.360. The first-order chi connectivity index (χ1) is 12.2. The van der Waals surface area contributed by atoms with Crippen molar-refractivity contribution in [1.29, 1.82) is 0 Å². The Kier molecular flexibility index (Phi) is 6.63. The Balaban J connectivity index is 1.86. The maximum Gasteiger partial charge on any atom is 0.272 e. The quantitative estimate of drug-likeness (QED) is 0.367. The van der Waals surface area contributed by atoms with Crippen molar-refractivity contribution < 1.29 is 50.4 Å². The first kappa shape index (κ1) is 22.9. The second-order valence-corrected chi connectivity index (χ2v) is 13.5. The molecule has 2 heterocycles. The summed E-state index contributed by atoms with van der Waals surface area (Å²) >= 11 is 0. The van der Waals surface area contributed by atoms with E-state index < -0.39 is 94.3 Å². The molecule has 0 aromatic rings. The van der Waals surface area contributed by atoms with Gasteiger partial charge in [-0.05, 0) is 20.3 Å². The molecule has 12 nitrogen and oxygen atoms in total. The minimum absolute atomic E-state index is 0.395. The molecular formula is C11H20O12S4. The lowest BCUT2D eigenvalue weighted by molar-refractivity contribution is 0.171. The van der Waals surface area contributed by atoms with Crippen molar-refractivity contribution >= 4 is 40.5 Å². The Morgan fingerprint density at radius 3 is 1.37 bits per heavy atom. The molecule has 0 spiro atoms. The lowest BCUT2D eigenvalue weighted by Crippen LogP contribution is -2.32. The van der Waals surface area contributed by atoms with Gasteiger partial charge in [0.25, 0.3) is 40.5 Å². The number of rotatable bonds is 8. The van der Waals surface area contributed by atoms with Gasteiger partial charge in [0, 0.05) is 0 Å². The van der Waals surface area contributed by atoms with Crippen molar-refractivity contribution in [2.75, 3.05) is 24.7 Å². The van der Waals surface area contributed by atoms with Crippen LogP contribution in [0.5, 0.6) is 0 Å². The van der Waals surface area contributed by atoms with E-state index in [-0.39, 0.29) is 0 Å². The van der Waals surface area contributed by atoms with Crippen LogP contribution in [0.4, 0.5) is 0 Å². The number of hydrogen-bond donors (Lipinski definition) is 0. The smallest absolute Gasteiger partial charge is 0.267 e. The van der Waals surface area contributed by atoms with Gasteiger partial charge in [0.1, 0.15) is 22.7 Å². The van der Waals surface area contributed by atoms with Crippen LogP contribution in [0.2, 0.25) is 0 Å². The fraction of sp³-hybridized carbons (Fsp3) is 1.00. The summed E-state index contributed by atoms with van der Waals surface area (Å²) in [6.07, 6.45) is -2.82. The lowest BCUT2D eigenvalue weighted by Gasteiger charge is -2.14. The van der Waals surface area contributed by atoms with Crippen LogP contribution in [0.15, 0.2) is 0 Å². The van der Waals surface area contributed by atoms with Crippen LogP contribution in [-0.2, 0) is 57.2 Å². The summed E-state index contributed by atoms with van der Waals surface area (Å²) in [4.78, 5) is 0. The highest BCUT2D eigenvalue weighted by atomic mass is 32.2. The monoisotopic (exact) mass is 472 g/mol. The van der Waals surface area contributed by atoms with E-state index in [2.05, 4.69) is 8.37 Å². The van der Waals surface area contributed by atoms with Crippen molar-refractivity contribution in [3.05, 3.63) is 0 Å².